The molecule has 2 rings (SSSR count). The SMILES string of the molecule is Cc1nn(Cc2ccccc2)c(C)c1CN=C(N)N(C)C. The number of hydrogen-bond acceptors (Lipinski definition) is 2. The Balaban J connectivity index is 2.20. The van der Waals surface area contributed by atoms with Crippen molar-refractivity contribution in [3.63, 3.8) is 0 Å². The van der Waals surface area contributed by atoms with Crippen LogP contribution in [0.2, 0.25) is 0 Å². The molecule has 2 N–H and O–H groups in total. The van der Waals surface area contributed by atoms with E-state index in [4.69, 9.17) is 5.73 Å². The Morgan fingerprint density at radius 2 is 1.90 bits per heavy atom. The average molecular weight is 285 g/mol. The van der Waals surface area contributed by atoms with Gasteiger partial charge in [0.2, 0.25) is 0 Å². The molecule has 0 atom stereocenters. The third-order valence-corrected chi connectivity index (χ3v) is 3.56. The summed E-state index contributed by atoms with van der Waals surface area (Å²) in [6, 6.07) is 10.3. The van der Waals surface area contributed by atoms with Gasteiger partial charge in [0, 0.05) is 25.4 Å². The monoisotopic (exact) mass is 285 g/mol. The van der Waals surface area contributed by atoms with Gasteiger partial charge in [0.1, 0.15) is 0 Å². The molecule has 0 unspecified atom stereocenters. The Morgan fingerprint density at radius 1 is 1.24 bits per heavy atom. The second kappa shape index (κ2) is 6.43. The van der Waals surface area contributed by atoms with Crippen LogP contribution in [-0.4, -0.2) is 34.7 Å². The smallest absolute Gasteiger partial charge is 0.191 e. The first kappa shape index (κ1) is 15.1. The Bertz CT molecular complexity index is 626. The maximum Gasteiger partial charge on any atom is 0.191 e. The van der Waals surface area contributed by atoms with E-state index in [2.05, 4.69) is 29.1 Å². The van der Waals surface area contributed by atoms with Crippen molar-refractivity contribution in [3.8, 4) is 0 Å². The van der Waals surface area contributed by atoms with Gasteiger partial charge in [0.15, 0.2) is 5.96 Å². The van der Waals surface area contributed by atoms with Crippen LogP contribution in [0.3, 0.4) is 0 Å². The maximum atomic E-state index is 5.84. The van der Waals surface area contributed by atoms with E-state index in [1.165, 1.54) is 5.56 Å². The minimum atomic E-state index is 0.532. The quantitative estimate of drug-likeness (QED) is 0.689. The summed E-state index contributed by atoms with van der Waals surface area (Å²) in [4.78, 5) is 6.21. The number of guanidine groups is 1. The average Bonchev–Trinajstić information content (AvgIpc) is 2.72. The van der Waals surface area contributed by atoms with Crippen molar-refractivity contribution in [1.29, 1.82) is 0 Å². The fraction of sp³-hybridized carbons (Fsp3) is 0.375. The lowest BCUT2D eigenvalue weighted by atomic mass is 10.2. The van der Waals surface area contributed by atoms with Crippen LogP contribution in [0.15, 0.2) is 35.3 Å². The van der Waals surface area contributed by atoms with Crippen molar-refractivity contribution in [2.75, 3.05) is 14.1 Å². The number of benzene rings is 1. The zero-order valence-electron chi connectivity index (χ0n) is 13.2. The molecule has 0 aliphatic rings. The minimum absolute atomic E-state index is 0.532. The number of aromatic nitrogens is 2. The Morgan fingerprint density at radius 3 is 2.52 bits per heavy atom. The van der Waals surface area contributed by atoms with Crippen LogP contribution >= 0.6 is 0 Å². The molecule has 0 radical (unpaired) electrons. The van der Waals surface area contributed by atoms with Crippen molar-refractivity contribution in [2.45, 2.75) is 26.9 Å². The van der Waals surface area contributed by atoms with Gasteiger partial charge in [-0.05, 0) is 19.4 Å². The summed E-state index contributed by atoms with van der Waals surface area (Å²) in [7, 11) is 3.77. The zero-order valence-corrected chi connectivity index (χ0v) is 13.2. The molecule has 0 bridgehead atoms. The highest BCUT2D eigenvalue weighted by atomic mass is 15.3. The highest BCUT2D eigenvalue weighted by molar-refractivity contribution is 5.77. The lowest BCUT2D eigenvalue weighted by Crippen LogP contribution is -2.30. The standard InChI is InChI=1S/C16H23N5/c1-12-15(10-18-16(17)20(3)4)13(2)21(19-12)11-14-8-6-5-7-9-14/h5-9H,10-11H2,1-4H3,(H2,17,18). The van der Waals surface area contributed by atoms with E-state index in [0.717, 1.165) is 23.5 Å². The molecule has 0 fully saturated rings. The van der Waals surface area contributed by atoms with E-state index in [9.17, 15) is 0 Å². The first-order valence-corrected chi connectivity index (χ1v) is 7.03. The molecule has 1 aromatic heterocycles. The first-order valence-electron chi connectivity index (χ1n) is 7.03. The molecule has 0 aliphatic carbocycles. The number of rotatable bonds is 4. The van der Waals surface area contributed by atoms with Crippen molar-refractivity contribution in [2.24, 2.45) is 10.7 Å². The summed E-state index contributed by atoms with van der Waals surface area (Å²) in [5.41, 5.74) is 10.4. The van der Waals surface area contributed by atoms with Gasteiger partial charge in [0.25, 0.3) is 0 Å². The van der Waals surface area contributed by atoms with Gasteiger partial charge in [-0.1, -0.05) is 30.3 Å². The Labute approximate surface area is 126 Å². The second-order valence-electron chi connectivity index (χ2n) is 5.36. The molecule has 0 spiro atoms. The molecular formula is C16H23N5. The summed E-state index contributed by atoms with van der Waals surface area (Å²) in [6.07, 6.45) is 0. The lowest BCUT2D eigenvalue weighted by molar-refractivity contribution is 0.609. The number of nitrogens with zero attached hydrogens (tertiary/aromatic N) is 4. The summed E-state index contributed by atoms with van der Waals surface area (Å²) < 4.78 is 2.03. The number of aryl methyl sites for hydroxylation is 1. The van der Waals surface area contributed by atoms with E-state index in [0.29, 0.717) is 12.5 Å². The number of hydrogen-bond donors (Lipinski definition) is 1. The largest absolute Gasteiger partial charge is 0.370 e. The molecule has 0 saturated carbocycles. The fourth-order valence-corrected chi connectivity index (χ4v) is 2.17. The molecule has 112 valence electrons. The molecule has 0 aliphatic heterocycles. The van der Waals surface area contributed by atoms with E-state index in [1.807, 2.05) is 43.9 Å². The molecule has 5 heteroatoms. The van der Waals surface area contributed by atoms with Gasteiger partial charge in [-0.25, -0.2) is 4.99 Å². The van der Waals surface area contributed by atoms with Crippen LogP contribution < -0.4 is 5.73 Å². The predicted octanol–water partition coefficient (Wildman–Crippen LogP) is 1.92. The summed E-state index contributed by atoms with van der Waals surface area (Å²) in [5, 5.41) is 4.62. The van der Waals surface area contributed by atoms with Gasteiger partial charge in [-0.2, -0.15) is 5.10 Å². The molecule has 1 heterocycles. The summed E-state index contributed by atoms with van der Waals surface area (Å²) in [6.45, 7) is 5.45. The van der Waals surface area contributed by atoms with Crippen molar-refractivity contribution >= 4 is 5.96 Å². The predicted molar refractivity (Wildman–Crippen MR) is 86.3 cm³/mol. The maximum absolute atomic E-state index is 5.84. The van der Waals surface area contributed by atoms with Crippen LogP contribution in [0.4, 0.5) is 0 Å². The van der Waals surface area contributed by atoms with Crippen molar-refractivity contribution in [1.82, 2.24) is 14.7 Å². The molecule has 0 saturated heterocycles. The van der Waals surface area contributed by atoms with Gasteiger partial charge in [0.05, 0.1) is 18.8 Å². The van der Waals surface area contributed by atoms with E-state index in [-0.39, 0.29) is 0 Å². The molecule has 1 aromatic carbocycles. The lowest BCUT2D eigenvalue weighted by Gasteiger charge is -2.10. The molecular weight excluding hydrogens is 262 g/mol. The second-order valence-corrected chi connectivity index (χ2v) is 5.36. The first-order chi connectivity index (χ1) is 9.99. The van der Waals surface area contributed by atoms with Gasteiger partial charge in [-0.3, -0.25) is 4.68 Å². The van der Waals surface area contributed by atoms with Gasteiger partial charge >= 0.3 is 0 Å². The number of nitrogens with two attached hydrogens (primary N) is 1. The van der Waals surface area contributed by atoms with E-state index < -0.39 is 0 Å². The van der Waals surface area contributed by atoms with Crippen LogP contribution in [0.1, 0.15) is 22.5 Å². The summed E-state index contributed by atoms with van der Waals surface area (Å²) >= 11 is 0. The highest BCUT2D eigenvalue weighted by Gasteiger charge is 2.11. The molecule has 2 aromatic rings. The van der Waals surface area contributed by atoms with Crippen molar-refractivity contribution < 1.29 is 0 Å². The van der Waals surface area contributed by atoms with Crippen molar-refractivity contribution in [3.05, 3.63) is 52.8 Å². The van der Waals surface area contributed by atoms with Crippen LogP contribution in [0.5, 0.6) is 0 Å². The normalized spacial score (nSPS) is 11.7. The Hall–Kier alpha value is -2.30. The topological polar surface area (TPSA) is 59.4 Å². The van der Waals surface area contributed by atoms with Gasteiger partial charge < -0.3 is 10.6 Å². The molecule has 21 heavy (non-hydrogen) atoms. The third kappa shape index (κ3) is 3.62. The van der Waals surface area contributed by atoms with Crippen LogP contribution in [-0.2, 0) is 13.1 Å². The van der Waals surface area contributed by atoms with Gasteiger partial charge in [-0.15, -0.1) is 0 Å². The van der Waals surface area contributed by atoms with E-state index >= 15 is 0 Å². The highest BCUT2D eigenvalue weighted by Crippen LogP contribution is 2.15. The van der Waals surface area contributed by atoms with E-state index in [1.54, 1.807) is 4.90 Å². The Kier molecular flexibility index (Phi) is 4.62. The summed E-state index contributed by atoms with van der Waals surface area (Å²) in [5.74, 6) is 0.532. The van der Waals surface area contributed by atoms with Crippen LogP contribution in [0.25, 0.3) is 0 Å². The molecule has 0 amide bonds. The zero-order chi connectivity index (χ0) is 15.4. The third-order valence-electron chi connectivity index (χ3n) is 3.56. The fourth-order valence-electron chi connectivity index (χ4n) is 2.17. The minimum Gasteiger partial charge on any atom is -0.370 e. The molecule has 5 nitrogen and oxygen atoms in total. The number of aliphatic imine (C=N–C) groups is 1. The van der Waals surface area contributed by atoms with Crippen LogP contribution in [0, 0.1) is 13.8 Å².